The Hall–Kier alpha value is -4.84. The quantitative estimate of drug-likeness (QED) is 0.168. The first-order valence-corrected chi connectivity index (χ1v) is 14.0. The molecule has 8 rings (SSSR count). The van der Waals surface area contributed by atoms with E-state index in [2.05, 4.69) is 0 Å². The third kappa shape index (κ3) is 2.75. The molecule has 0 radical (unpaired) electrons. The Kier molecular flexibility index (Phi) is 5.24. The third-order valence-electron chi connectivity index (χ3n) is 9.38. The molecule has 2 aliphatic carbocycles. The Morgan fingerprint density at radius 1 is 0.595 bits per heavy atom. The van der Waals surface area contributed by atoms with Crippen molar-refractivity contribution in [2.24, 2.45) is 5.41 Å². The minimum Gasteiger partial charge on any atom is -0.497 e. The maximum atomic E-state index is 15.6. The second-order valence-electron chi connectivity index (χ2n) is 11.1. The highest BCUT2D eigenvalue weighted by atomic mass is 17.2. The van der Waals surface area contributed by atoms with Crippen molar-refractivity contribution in [3.8, 4) is 5.75 Å². The van der Waals surface area contributed by atoms with Crippen molar-refractivity contribution in [3.63, 3.8) is 0 Å². The number of carbonyl (C=O) groups excluding carboxylic acids is 2. The van der Waals surface area contributed by atoms with Crippen molar-refractivity contribution in [2.45, 2.75) is 17.1 Å². The zero-order valence-corrected chi connectivity index (χ0v) is 22.8. The smallest absolute Gasteiger partial charge is 0.208 e. The van der Waals surface area contributed by atoms with Crippen molar-refractivity contribution in [2.75, 3.05) is 7.11 Å². The topological polar surface area (TPSA) is 61.8 Å². The number of ether oxygens (including phenoxy) is 1. The molecule has 5 nitrogen and oxygen atoms in total. The van der Waals surface area contributed by atoms with Crippen LogP contribution >= 0.6 is 0 Å². The molecule has 0 bridgehead atoms. The summed E-state index contributed by atoms with van der Waals surface area (Å²) in [5.74, 6) is -0.375. The number of hydrogen-bond donors (Lipinski definition) is 0. The summed E-state index contributed by atoms with van der Waals surface area (Å²) < 4.78 is 5.48. The summed E-state index contributed by atoms with van der Waals surface area (Å²) in [6.45, 7) is 0. The van der Waals surface area contributed by atoms with Crippen molar-refractivity contribution in [1.29, 1.82) is 0 Å². The largest absolute Gasteiger partial charge is 0.497 e. The number of rotatable bonds is 6. The maximum Gasteiger partial charge on any atom is 0.208 e. The summed E-state index contributed by atoms with van der Waals surface area (Å²) in [6, 6.07) is 41.5. The van der Waals surface area contributed by atoms with E-state index in [-0.39, 0.29) is 11.6 Å². The monoisotopic (exact) mass is 550 g/mol. The van der Waals surface area contributed by atoms with Crippen LogP contribution in [0.2, 0.25) is 0 Å². The van der Waals surface area contributed by atoms with Crippen LogP contribution in [0, 0.1) is 5.41 Å². The van der Waals surface area contributed by atoms with Gasteiger partial charge in [-0.1, -0.05) is 121 Å². The molecule has 0 saturated carbocycles. The Balaban J connectivity index is 1.56. The average molecular weight is 551 g/mol. The highest BCUT2D eigenvalue weighted by Gasteiger charge is 2.88. The lowest BCUT2D eigenvalue weighted by atomic mass is 9.54. The van der Waals surface area contributed by atoms with E-state index in [1.165, 1.54) is 0 Å². The van der Waals surface area contributed by atoms with Crippen LogP contribution in [0.3, 0.4) is 0 Å². The standard InChI is InChI=1S/C37H26O5/c1-40-27-22-20-26(21-23-27)36-30-18-10-8-16-28(30)32-29-17-9-11-19-31(29)37(42-41-36,34(39)25-14-6-3-7-15-25)35(32,36)33(38)24-12-4-2-5-13-24/h2-23,32H,1H3/t32-,35-,36-,37-/m0/s1. The van der Waals surface area contributed by atoms with E-state index in [1.807, 2.05) is 121 Å². The van der Waals surface area contributed by atoms with E-state index < -0.39 is 22.5 Å². The van der Waals surface area contributed by atoms with Crippen molar-refractivity contribution in [3.05, 3.63) is 172 Å². The SMILES string of the molecule is COc1ccc([C@]23OO[C@]4(C(=O)c5ccccc5)c5ccccc5[C@H](c5ccccc52)[C@]34C(=O)c2ccccc2)cc1. The van der Waals surface area contributed by atoms with Crippen LogP contribution in [0.15, 0.2) is 133 Å². The predicted molar refractivity (Wildman–Crippen MR) is 156 cm³/mol. The lowest BCUT2D eigenvalue weighted by Crippen LogP contribution is -2.58. The van der Waals surface area contributed by atoms with E-state index in [0.29, 0.717) is 28.0 Å². The van der Waals surface area contributed by atoms with Gasteiger partial charge < -0.3 is 4.74 Å². The van der Waals surface area contributed by atoms with Gasteiger partial charge in [0.25, 0.3) is 0 Å². The predicted octanol–water partition coefficient (Wildman–Crippen LogP) is 7.01. The Morgan fingerprint density at radius 3 is 1.74 bits per heavy atom. The van der Waals surface area contributed by atoms with Gasteiger partial charge in [-0.05, 0) is 39.9 Å². The Labute approximate surface area is 243 Å². The number of ketones is 2. The summed E-state index contributed by atoms with van der Waals surface area (Å²) >= 11 is 0. The summed E-state index contributed by atoms with van der Waals surface area (Å²) in [5, 5.41) is 0. The number of hydrogen-bond acceptors (Lipinski definition) is 5. The molecule has 1 fully saturated rings. The lowest BCUT2D eigenvalue weighted by molar-refractivity contribution is -0.338. The second-order valence-corrected chi connectivity index (χ2v) is 11.1. The van der Waals surface area contributed by atoms with Crippen LogP contribution in [0.25, 0.3) is 0 Å². The normalized spacial score (nSPS) is 26.3. The van der Waals surface area contributed by atoms with E-state index in [0.717, 1.165) is 16.7 Å². The maximum absolute atomic E-state index is 15.6. The minimum absolute atomic E-state index is 0.210. The van der Waals surface area contributed by atoms with E-state index >= 15 is 9.59 Å². The average Bonchev–Trinajstić information content (AvgIpc) is 3.63. The van der Waals surface area contributed by atoms with E-state index in [1.54, 1.807) is 19.2 Å². The Bertz CT molecular complexity index is 1870. The number of methoxy groups -OCH3 is 1. The van der Waals surface area contributed by atoms with Gasteiger partial charge in [0.1, 0.15) is 11.2 Å². The first-order valence-electron chi connectivity index (χ1n) is 14.0. The summed E-state index contributed by atoms with van der Waals surface area (Å²) in [7, 11) is 1.61. The van der Waals surface area contributed by atoms with Gasteiger partial charge in [0.15, 0.2) is 11.4 Å². The number of carbonyl (C=O) groups is 2. The molecule has 0 spiro atoms. The highest BCUT2D eigenvalue weighted by Crippen LogP contribution is 2.80. The Morgan fingerprint density at radius 2 is 1.12 bits per heavy atom. The lowest BCUT2D eigenvalue weighted by Gasteiger charge is -2.43. The van der Waals surface area contributed by atoms with Gasteiger partial charge >= 0.3 is 0 Å². The molecular weight excluding hydrogens is 524 g/mol. The van der Waals surface area contributed by atoms with Gasteiger partial charge in [-0.25, -0.2) is 9.78 Å². The molecule has 5 heteroatoms. The van der Waals surface area contributed by atoms with Crippen LogP contribution in [-0.4, -0.2) is 18.7 Å². The fraction of sp³-hybridized carbons (Fsp3) is 0.135. The number of Topliss-reactive ketones (excluding diaryl/α,β-unsaturated/α-hetero) is 2. The van der Waals surface area contributed by atoms with Crippen LogP contribution in [0.4, 0.5) is 0 Å². The molecule has 0 N–H and O–H groups in total. The van der Waals surface area contributed by atoms with Gasteiger partial charge in [0.05, 0.1) is 7.11 Å². The molecule has 1 saturated heterocycles. The molecule has 1 aliphatic heterocycles. The first kappa shape index (κ1) is 24.9. The second kappa shape index (κ2) is 8.83. The van der Waals surface area contributed by atoms with E-state index in [9.17, 15) is 0 Å². The molecule has 204 valence electrons. The van der Waals surface area contributed by atoms with Crippen molar-refractivity contribution >= 4 is 11.6 Å². The van der Waals surface area contributed by atoms with Gasteiger partial charge in [0.2, 0.25) is 11.4 Å². The summed E-state index contributed by atoms with van der Waals surface area (Å²) in [6.07, 6.45) is 0. The van der Waals surface area contributed by atoms with E-state index in [4.69, 9.17) is 14.5 Å². The van der Waals surface area contributed by atoms with Gasteiger partial charge in [0, 0.05) is 17.0 Å². The zero-order valence-electron chi connectivity index (χ0n) is 22.8. The molecule has 1 heterocycles. The molecule has 42 heavy (non-hydrogen) atoms. The van der Waals surface area contributed by atoms with Crippen molar-refractivity contribution in [1.82, 2.24) is 0 Å². The van der Waals surface area contributed by atoms with Crippen LogP contribution in [-0.2, 0) is 21.0 Å². The van der Waals surface area contributed by atoms with Gasteiger partial charge in [-0.2, -0.15) is 0 Å². The molecule has 5 aromatic carbocycles. The summed E-state index contributed by atoms with van der Waals surface area (Å²) in [5.41, 5.74) is 0.152. The van der Waals surface area contributed by atoms with Crippen LogP contribution in [0.1, 0.15) is 54.5 Å². The number of benzene rings is 5. The van der Waals surface area contributed by atoms with Gasteiger partial charge in [-0.3, -0.25) is 9.59 Å². The van der Waals surface area contributed by atoms with Crippen molar-refractivity contribution < 1.29 is 24.1 Å². The van der Waals surface area contributed by atoms with Crippen LogP contribution in [0.5, 0.6) is 5.75 Å². The van der Waals surface area contributed by atoms with Crippen LogP contribution < -0.4 is 4.74 Å². The molecule has 5 aromatic rings. The molecule has 0 amide bonds. The molecule has 0 unspecified atom stereocenters. The molecule has 4 atom stereocenters. The molecule has 0 aromatic heterocycles. The minimum atomic E-state index is -1.78. The van der Waals surface area contributed by atoms with Gasteiger partial charge in [-0.15, -0.1) is 0 Å². The molecular formula is C37H26O5. The fourth-order valence-electron chi connectivity index (χ4n) is 7.86. The summed E-state index contributed by atoms with van der Waals surface area (Å²) in [4.78, 5) is 43.9. The number of fused-ring (bicyclic) bond motifs is 6. The third-order valence-corrected chi connectivity index (χ3v) is 9.38. The molecule has 3 aliphatic rings. The fourth-order valence-corrected chi connectivity index (χ4v) is 7.86. The highest BCUT2D eigenvalue weighted by molar-refractivity contribution is 6.15. The zero-order chi connectivity index (χ0) is 28.5. The first-order chi connectivity index (χ1) is 20.6.